The number of hydrogen-bond donors (Lipinski definition) is 2. The third-order valence-corrected chi connectivity index (χ3v) is 5.14. The predicted octanol–water partition coefficient (Wildman–Crippen LogP) is 3.32. The highest BCUT2D eigenvalue weighted by Gasteiger charge is 2.41. The molecule has 9 heteroatoms. The summed E-state index contributed by atoms with van der Waals surface area (Å²) in [5.74, 6) is -0.652. The van der Waals surface area contributed by atoms with Crippen LogP contribution >= 0.6 is 11.6 Å². The fraction of sp³-hybridized carbons (Fsp3) is 0.400. The Bertz CT molecular complexity index is 950. The van der Waals surface area contributed by atoms with Gasteiger partial charge in [0.1, 0.15) is 17.1 Å². The first-order valence-electron chi connectivity index (χ1n) is 9.42. The van der Waals surface area contributed by atoms with E-state index in [1.54, 1.807) is 19.9 Å². The summed E-state index contributed by atoms with van der Waals surface area (Å²) in [5, 5.41) is 5.83. The van der Waals surface area contributed by atoms with Crippen LogP contribution in [0.1, 0.15) is 43.4 Å². The number of benzene rings is 1. The van der Waals surface area contributed by atoms with Gasteiger partial charge in [-0.1, -0.05) is 24.9 Å². The van der Waals surface area contributed by atoms with E-state index >= 15 is 0 Å². The minimum atomic E-state index is -0.973. The summed E-state index contributed by atoms with van der Waals surface area (Å²) in [4.78, 5) is 35.5. The molecule has 1 aliphatic heterocycles. The van der Waals surface area contributed by atoms with E-state index in [2.05, 4.69) is 20.6 Å². The molecule has 2 heterocycles. The van der Waals surface area contributed by atoms with Crippen LogP contribution in [0.4, 0.5) is 15.9 Å². The summed E-state index contributed by atoms with van der Waals surface area (Å²) in [6.07, 6.45) is 2.74. The number of halogens is 2. The van der Waals surface area contributed by atoms with Crippen LogP contribution in [0.2, 0.25) is 5.02 Å². The SMILES string of the molecule is CCCc1nc(C(=O)N2CCNC(=O)C2(C)C)cnc1Nc1ccc(Cl)c(F)c1. The Labute approximate surface area is 173 Å². The van der Waals surface area contributed by atoms with Gasteiger partial charge < -0.3 is 15.5 Å². The summed E-state index contributed by atoms with van der Waals surface area (Å²) in [6.45, 7) is 6.17. The molecular weight excluding hydrogens is 397 g/mol. The van der Waals surface area contributed by atoms with Crippen molar-refractivity contribution in [1.29, 1.82) is 0 Å². The molecule has 1 saturated heterocycles. The second-order valence-corrected chi connectivity index (χ2v) is 7.73. The van der Waals surface area contributed by atoms with E-state index in [0.717, 1.165) is 6.42 Å². The number of hydrogen-bond acceptors (Lipinski definition) is 5. The molecule has 1 fully saturated rings. The average molecular weight is 420 g/mol. The molecule has 2 N–H and O–H groups in total. The molecular formula is C20H23ClFN5O2. The Morgan fingerprint density at radius 1 is 1.41 bits per heavy atom. The number of nitrogens with one attached hydrogen (secondary N) is 2. The van der Waals surface area contributed by atoms with Gasteiger partial charge in [-0.25, -0.2) is 14.4 Å². The zero-order valence-electron chi connectivity index (χ0n) is 16.6. The summed E-state index contributed by atoms with van der Waals surface area (Å²) in [7, 11) is 0. The Kier molecular flexibility index (Phi) is 6.02. The van der Waals surface area contributed by atoms with Gasteiger partial charge >= 0.3 is 0 Å². The molecule has 154 valence electrons. The molecule has 29 heavy (non-hydrogen) atoms. The lowest BCUT2D eigenvalue weighted by atomic mass is 9.98. The number of piperazine rings is 1. The highest BCUT2D eigenvalue weighted by Crippen LogP contribution is 2.25. The molecule has 0 atom stereocenters. The number of aromatic nitrogens is 2. The zero-order valence-corrected chi connectivity index (χ0v) is 17.3. The summed E-state index contributed by atoms with van der Waals surface area (Å²) < 4.78 is 13.7. The molecule has 3 rings (SSSR count). The van der Waals surface area contributed by atoms with Gasteiger partial charge in [0.15, 0.2) is 5.82 Å². The van der Waals surface area contributed by atoms with Crippen LogP contribution in [0.15, 0.2) is 24.4 Å². The van der Waals surface area contributed by atoms with Crippen LogP contribution in [0.5, 0.6) is 0 Å². The molecule has 0 aliphatic carbocycles. The van der Waals surface area contributed by atoms with E-state index in [0.29, 0.717) is 36.7 Å². The van der Waals surface area contributed by atoms with Crippen LogP contribution in [0.3, 0.4) is 0 Å². The van der Waals surface area contributed by atoms with Gasteiger partial charge in [0.05, 0.1) is 16.9 Å². The molecule has 0 saturated carbocycles. The highest BCUT2D eigenvalue weighted by atomic mass is 35.5. The van der Waals surface area contributed by atoms with Crippen molar-refractivity contribution in [2.24, 2.45) is 0 Å². The number of amides is 2. The Morgan fingerprint density at radius 3 is 2.86 bits per heavy atom. The maximum Gasteiger partial charge on any atom is 0.275 e. The quantitative estimate of drug-likeness (QED) is 0.776. The third-order valence-electron chi connectivity index (χ3n) is 4.83. The van der Waals surface area contributed by atoms with Gasteiger partial charge in [0.25, 0.3) is 5.91 Å². The second-order valence-electron chi connectivity index (χ2n) is 7.33. The van der Waals surface area contributed by atoms with Gasteiger partial charge in [0.2, 0.25) is 5.91 Å². The topological polar surface area (TPSA) is 87.2 Å². The number of carbonyl (C=O) groups is 2. The molecule has 0 spiro atoms. The largest absolute Gasteiger partial charge is 0.352 e. The van der Waals surface area contributed by atoms with E-state index < -0.39 is 11.4 Å². The van der Waals surface area contributed by atoms with Crippen molar-refractivity contribution < 1.29 is 14.0 Å². The lowest BCUT2D eigenvalue weighted by Crippen LogP contribution is -2.63. The highest BCUT2D eigenvalue weighted by molar-refractivity contribution is 6.30. The normalized spacial score (nSPS) is 15.8. The van der Waals surface area contributed by atoms with Crippen molar-refractivity contribution in [3.63, 3.8) is 0 Å². The number of nitrogens with zero attached hydrogens (tertiary/aromatic N) is 3. The van der Waals surface area contributed by atoms with Gasteiger partial charge in [-0.15, -0.1) is 0 Å². The van der Waals surface area contributed by atoms with Gasteiger partial charge in [-0.2, -0.15) is 0 Å². The van der Waals surface area contributed by atoms with Crippen molar-refractivity contribution in [2.45, 2.75) is 39.2 Å². The lowest BCUT2D eigenvalue weighted by molar-refractivity contribution is -0.133. The van der Waals surface area contributed by atoms with Crippen LogP contribution in [-0.4, -0.2) is 45.3 Å². The molecule has 1 aromatic heterocycles. The van der Waals surface area contributed by atoms with Crippen molar-refractivity contribution in [3.8, 4) is 0 Å². The van der Waals surface area contributed by atoms with E-state index in [4.69, 9.17) is 11.6 Å². The lowest BCUT2D eigenvalue weighted by Gasteiger charge is -2.40. The average Bonchev–Trinajstić information content (AvgIpc) is 2.68. The van der Waals surface area contributed by atoms with E-state index in [9.17, 15) is 14.0 Å². The zero-order chi connectivity index (χ0) is 21.2. The molecule has 0 bridgehead atoms. The van der Waals surface area contributed by atoms with E-state index in [1.165, 1.54) is 23.2 Å². The predicted molar refractivity (Wildman–Crippen MR) is 109 cm³/mol. The maximum atomic E-state index is 13.7. The van der Waals surface area contributed by atoms with Crippen LogP contribution < -0.4 is 10.6 Å². The van der Waals surface area contributed by atoms with Crippen LogP contribution in [-0.2, 0) is 11.2 Å². The third kappa shape index (κ3) is 4.32. The maximum absolute atomic E-state index is 13.7. The fourth-order valence-electron chi connectivity index (χ4n) is 3.15. The van der Waals surface area contributed by atoms with Gasteiger partial charge in [0, 0.05) is 18.8 Å². The monoisotopic (exact) mass is 419 g/mol. The van der Waals surface area contributed by atoms with Crippen LogP contribution in [0, 0.1) is 5.82 Å². The second kappa shape index (κ2) is 8.32. The summed E-state index contributed by atoms with van der Waals surface area (Å²) in [5.41, 5.74) is 0.267. The van der Waals surface area contributed by atoms with Crippen molar-refractivity contribution in [1.82, 2.24) is 20.2 Å². The molecule has 1 aliphatic rings. The smallest absolute Gasteiger partial charge is 0.275 e. The van der Waals surface area contributed by atoms with E-state index in [1.807, 2.05) is 6.92 Å². The minimum absolute atomic E-state index is 0.0320. The Hall–Kier alpha value is -2.74. The number of rotatable bonds is 5. The van der Waals surface area contributed by atoms with Gasteiger partial charge in [-0.05, 0) is 38.5 Å². The standard InChI is InChI=1S/C20H23ClFN5O2/c1-4-5-15-17(25-12-6-7-13(21)14(22)10-12)24-11-16(26-15)18(28)27-9-8-23-19(29)20(27,2)3/h6-7,10-11H,4-5,8-9H2,1-3H3,(H,23,29)(H,24,25). The first-order valence-corrected chi connectivity index (χ1v) is 9.80. The molecule has 1 aromatic carbocycles. The first kappa shape index (κ1) is 21.0. The number of carbonyl (C=O) groups excluding carboxylic acids is 2. The number of aryl methyl sites for hydroxylation is 1. The summed E-state index contributed by atoms with van der Waals surface area (Å²) >= 11 is 5.73. The van der Waals surface area contributed by atoms with Gasteiger partial charge in [-0.3, -0.25) is 9.59 Å². The Morgan fingerprint density at radius 2 is 2.17 bits per heavy atom. The number of anilines is 2. The molecule has 2 amide bonds. The summed E-state index contributed by atoms with van der Waals surface area (Å²) in [6, 6.07) is 4.36. The van der Waals surface area contributed by atoms with Crippen molar-refractivity contribution >= 4 is 34.9 Å². The molecule has 0 radical (unpaired) electrons. The molecule has 7 nitrogen and oxygen atoms in total. The fourth-order valence-corrected chi connectivity index (χ4v) is 3.27. The van der Waals surface area contributed by atoms with E-state index in [-0.39, 0.29) is 22.5 Å². The van der Waals surface area contributed by atoms with Crippen molar-refractivity contribution in [3.05, 3.63) is 46.6 Å². The molecule has 2 aromatic rings. The minimum Gasteiger partial charge on any atom is -0.352 e. The Balaban J connectivity index is 1.90. The molecule has 0 unspecified atom stereocenters. The van der Waals surface area contributed by atoms with Crippen molar-refractivity contribution in [2.75, 3.05) is 18.4 Å². The first-order chi connectivity index (χ1) is 13.7. The van der Waals surface area contributed by atoms with Crippen LogP contribution in [0.25, 0.3) is 0 Å².